The number of carbonyl (C=O) groups is 1. The Morgan fingerprint density at radius 1 is 1.27 bits per heavy atom. The second kappa shape index (κ2) is 8.52. The SMILES string of the molecule is O=C1N[C@H]2CSC(CCCCCNCCOP(=O)(O)O)[C@H]2N1. The molecule has 0 spiro atoms. The maximum Gasteiger partial charge on any atom is 0.469 e. The van der Waals surface area contributed by atoms with Crippen LogP contribution in [-0.2, 0) is 9.09 Å². The molecule has 10 heteroatoms. The van der Waals surface area contributed by atoms with Crippen molar-refractivity contribution in [1.29, 1.82) is 0 Å². The highest BCUT2D eigenvalue weighted by molar-refractivity contribution is 8.00. The zero-order valence-electron chi connectivity index (χ0n) is 12.4. The van der Waals surface area contributed by atoms with Crippen LogP contribution in [0.4, 0.5) is 4.79 Å². The molecule has 2 heterocycles. The smallest absolute Gasteiger partial charge is 0.332 e. The molecule has 22 heavy (non-hydrogen) atoms. The molecule has 3 atom stereocenters. The van der Waals surface area contributed by atoms with Crippen molar-refractivity contribution in [3.05, 3.63) is 0 Å². The molecule has 1 unspecified atom stereocenters. The molecule has 0 saturated carbocycles. The van der Waals surface area contributed by atoms with Gasteiger partial charge in [-0.2, -0.15) is 11.8 Å². The fraction of sp³-hybridized carbons (Fsp3) is 0.917. The first-order chi connectivity index (χ1) is 10.5. The van der Waals surface area contributed by atoms with Gasteiger partial charge in [-0.3, -0.25) is 4.52 Å². The average Bonchev–Trinajstić information content (AvgIpc) is 2.95. The Bertz CT molecular complexity index is 422. The molecule has 8 nitrogen and oxygen atoms in total. The molecule has 0 radical (unpaired) electrons. The molecule has 0 aromatic carbocycles. The Morgan fingerprint density at radius 3 is 2.86 bits per heavy atom. The first-order valence-corrected chi connectivity index (χ1v) is 10.1. The van der Waals surface area contributed by atoms with Crippen LogP contribution in [0.1, 0.15) is 25.7 Å². The van der Waals surface area contributed by atoms with Crippen molar-refractivity contribution in [1.82, 2.24) is 16.0 Å². The lowest BCUT2D eigenvalue weighted by Crippen LogP contribution is -2.36. The molecular weight excluding hydrogens is 329 g/mol. The zero-order valence-corrected chi connectivity index (χ0v) is 14.1. The number of thioether (sulfide) groups is 1. The molecule has 0 bridgehead atoms. The highest BCUT2D eigenvalue weighted by atomic mass is 32.2. The predicted octanol–water partition coefficient (Wildman–Crippen LogP) is 0.411. The average molecular weight is 353 g/mol. The van der Waals surface area contributed by atoms with E-state index < -0.39 is 7.82 Å². The van der Waals surface area contributed by atoms with Crippen molar-refractivity contribution in [3.8, 4) is 0 Å². The summed E-state index contributed by atoms with van der Waals surface area (Å²) in [5.41, 5.74) is 0. The van der Waals surface area contributed by atoms with E-state index in [1.165, 1.54) is 0 Å². The molecular formula is C12H24N3O5PS. The van der Waals surface area contributed by atoms with Crippen molar-refractivity contribution in [2.24, 2.45) is 0 Å². The minimum absolute atomic E-state index is 0.0127. The third kappa shape index (κ3) is 6.06. The van der Waals surface area contributed by atoms with Gasteiger partial charge in [0.15, 0.2) is 0 Å². The summed E-state index contributed by atoms with van der Waals surface area (Å²) in [6.45, 7) is 1.26. The van der Waals surface area contributed by atoms with Gasteiger partial charge < -0.3 is 25.7 Å². The van der Waals surface area contributed by atoms with E-state index in [4.69, 9.17) is 9.79 Å². The number of phosphoric acid groups is 1. The molecule has 2 fully saturated rings. The maximum atomic E-state index is 11.3. The van der Waals surface area contributed by atoms with E-state index in [0.717, 1.165) is 38.0 Å². The fourth-order valence-corrected chi connectivity index (χ4v) is 4.65. The van der Waals surface area contributed by atoms with Crippen LogP contribution in [0.3, 0.4) is 0 Å². The number of carbonyl (C=O) groups excluding carboxylic acids is 1. The lowest BCUT2D eigenvalue weighted by atomic mass is 10.0. The Hall–Kier alpha value is -0.310. The zero-order chi connectivity index (χ0) is 16.0. The highest BCUT2D eigenvalue weighted by Gasteiger charge is 2.42. The molecule has 0 aliphatic carbocycles. The van der Waals surface area contributed by atoms with Crippen LogP contribution in [0.5, 0.6) is 0 Å². The van der Waals surface area contributed by atoms with E-state index in [0.29, 0.717) is 11.8 Å². The quantitative estimate of drug-likeness (QED) is 0.219. The van der Waals surface area contributed by atoms with E-state index in [2.05, 4.69) is 20.5 Å². The van der Waals surface area contributed by atoms with Crippen molar-refractivity contribution >= 4 is 25.6 Å². The summed E-state index contributed by atoms with van der Waals surface area (Å²) in [5, 5.41) is 9.53. The van der Waals surface area contributed by atoms with Crippen LogP contribution in [0, 0.1) is 0 Å². The summed E-state index contributed by atoms with van der Waals surface area (Å²) in [6, 6.07) is 0.528. The molecule has 2 rings (SSSR count). The second-order valence-corrected chi connectivity index (χ2v) is 8.06. The highest BCUT2D eigenvalue weighted by Crippen LogP contribution is 2.35. The first-order valence-electron chi connectivity index (χ1n) is 7.55. The second-order valence-electron chi connectivity index (χ2n) is 5.54. The van der Waals surface area contributed by atoms with Crippen molar-refractivity contribution < 1.29 is 23.7 Å². The fourth-order valence-electron chi connectivity index (χ4n) is 2.78. The molecule has 2 amide bonds. The standard InChI is InChI=1S/C12H24N3O5PS/c16-12-14-9-8-22-10(11(9)15-12)4-2-1-3-5-13-6-7-20-21(17,18)19/h9-11,13H,1-8H2,(H2,14,15,16)(H2,17,18,19)/t9-,10?,11-/m0/s1. The first kappa shape index (κ1) is 18.0. The summed E-state index contributed by atoms with van der Waals surface area (Å²) in [6.07, 6.45) is 4.35. The van der Waals surface area contributed by atoms with Crippen LogP contribution < -0.4 is 16.0 Å². The van der Waals surface area contributed by atoms with Crippen LogP contribution in [0.2, 0.25) is 0 Å². The summed E-state index contributed by atoms with van der Waals surface area (Å²) < 4.78 is 14.8. The third-order valence-corrected chi connectivity index (χ3v) is 5.85. The van der Waals surface area contributed by atoms with Crippen LogP contribution >= 0.6 is 19.6 Å². The van der Waals surface area contributed by atoms with Gasteiger partial charge in [0.05, 0.1) is 18.7 Å². The van der Waals surface area contributed by atoms with Gasteiger partial charge in [0.25, 0.3) is 0 Å². The van der Waals surface area contributed by atoms with Gasteiger partial charge >= 0.3 is 13.9 Å². The topological polar surface area (TPSA) is 120 Å². The van der Waals surface area contributed by atoms with Gasteiger partial charge in [-0.1, -0.05) is 12.8 Å². The Labute approximate surface area is 134 Å². The summed E-state index contributed by atoms with van der Waals surface area (Å²) >= 11 is 1.93. The summed E-state index contributed by atoms with van der Waals surface area (Å²) in [5.74, 6) is 0.995. The van der Waals surface area contributed by atoms with Gasteiger partial charge in [0, 0.05) is 17.5 Å². The van der Waals surface area contributed by atoms with Crippen LogP contribution in [-0.4, -0.2) is 58.6 Å². The predicted molar refractivity (Wildman–Crippen MR) is 84.8 cm³/mol. The number of hydrogen-bond donors (Lipinski definition) is 5. The van der Waals surface area contributed by atoms with Gasteiger partial charge in [-0.05, 0) is 19.4 Å². The number of amides is 2. The van der Waals surface area contributed by atoms with Crippen molar-refractivity contribution in [2.45, 2.75) is 43.0 Å². The number of hydrogen-bond acceptors (Lipinski definition) is 5. The summed E-state index contributed by atoms with van der Waals surface area (Å²) in [7, 11) is -4.34. The van der Waals surface area contributed by atoms with E-state index in [-0.39, 0.29) is 24.7 Å². The van der Waals surface area contributed by atoms with E-state index in [1.54, 1.807) is 0 Å². The Kier molecular flexibility index (Phi) is 6.98. The minimum atomic E-state index is -4.34. The lowest BCUT2D eigenvalue weighted by Gasteiger charge is -2.16. The normalized spacial score (nSPS) is 27.5. The molecule has 0 aromatic rings. The van der Waals surface area contributed by atoms with Crippen LogP contribution in [0.25, 0.3) is 0 Å². The van der Waals surface area contributed by atoms with Gasteiger partial charge in [0.1, 0.15) is 0 Å². The van der Waals surface area contributed by atoms with Gasteiger partial charge in [-0.15, -0.1) is 0 Å². The molecule has 2 saturated heterocycles. The maximum absolute atomic E-state index is 11.3. The molecule has 2 aliphatic rings. The monoisotopic (exact) mass is 353 g/mol. The largest absolute Gasteiger partial charge is 0.469 e. The van der Waals surface area contributed by atoms with E-state index in [1.807, 2.05) is 11.8 Å². The summed E-state index contributed by atoms with van der Waals surface area (Å²) in [4.78, 5) is 28.3. The number of fused-ring (bicyclic) bond motifs is 1. The molecule has 2 aliphatic heterocycles. The number of unbranched alkanes of at least 4 members (excludes halogenated alkanes) is 2. The molecule has 128 valence electrons. The number of urea groups is 1. The molecule has 5 N–H and O–H groups in total. The number of rotatable bonds is 10. The number of nitrogens with one attached hydrogen (secondary N) is 3. The van der Waals surface area contributed by atoms with Crippen molar-refractivity contribution in [2.75, 3.05) is 25.4 Å². The van der Waals surface area contributed by atoms with E-state index in [9.17, 15) is 9.36 Å². The molecule has 0 aromatic heterocycles. The van der Waals surface area contributed by atoms with Gasteiger partial charge in [0.2, 0.25) is 0 Å². The van der Waals surface area contributed by atoms with Gasteiger partial charge in [-0.25, -0.2) is 9.36 Å². The Morgan fingerprint density at radius 2 is 2.09 bits per heavy atom. The lowest BCUT2D eigenvalue weighted by molar-refractivity contribution is 0.197. The van der Waals surface area contributed by atoms with Crippen LogP contribution in [0.15, 0.2) is 0 Å². The Balaban J connectivity index is 1.43. The third-order valence-electron chi connectivity index (χ3n) is 3.82. The van der Waals surface area contributed by atoms with Crippen molar-refractivity contribution in [3.63, 3.8) is 0 Å². The number of phosphoric ester groups is 1. The minimum Gasteiger partial charge on any atom is -0.332 e. The van der Waals surface area contributed by atoms with E-state index >= 15 is 0 Å².